The Labute approximate surface area is 104 Å². The molecule has 97 valence electrons. The van der Waals surface area contributed by atoms with Crippen LogP contribution in [0.4, 0.5) is 0 Å². The van der Waals surface area contributed by atoms with Crippen molar-refractivity contribution in [3.8, 4) is 0 Å². The van der Waals surface area contributed by atoms with E-state index >= 15 is 0 Å². The molecule has 0 bridgehead atoms. The van der Waals surface area contributed by atoms with Gasteiger partial charge in [0, 0.05) is 0 Å². The highest BCUT2D eigenvalue weighted by Crippen LogP contribution is 2.34. The van der Waals surface area contributed by atoms with E-state index in [9.17, 15) is 0 Å². The molecule has 0 amide bonds. The fourth-order valence-corrected chi connectivity index (χ4v) is 2.22. The third kappa shape index (κ3) is 7.30. The van der Waals surface area contributed by atoms with Gasteiger partial charge in [-0.2, -0.15) is 0 Å². The lowest BCUT2D eigenvalue weighted by molar-refractivity contribution is 0.231. The fourth-order valence-electron chi connectivity index (χ4n) is 2.22. The van der Waals surface area contributed by atoms with Gasteiger partial charge in [0.25, 0.3) is 0 Å². The van der Waals surface area contributed by atoms with E-state index in [-0.39, 0.29) is 0 Å². The van der Waals surface area contributed by atoms with Crippen LogP contribution in [0.5, 0.6) is 0 Å². The Morgan fingerprint density at radius 3 is 1.94 bits per heavy atom. The molecule has 0 aromatic carbocycles. The van der Waals surface area contributed by atoms with Crippen LogP contribution in [0.25, 0.3) is 0 Å². The van der Waals surface area contributed by atoms with Gasteiger partial charge in [-0.3, -0.25) is 0 Å². The van der Waals surface area contributed by atoms with Crippen molar-refractivity contribution in [2.24, 2.45) is 11.3 Å². The Hall–Kier alpha value is 0. The van der Waals surface area contributed by atoms with Crippen molar-refractivity contribution >= 4 is 0 Å². The molecular formula is C16H33. The summed E-state index contributed by atoms with van der Waals surface area (Å²) in [6, 6.07) is 0. The molecule has 0 fully saturated rings. The zero-order chi connectivity index (χ0) is 12.4. The molecule has 0 heteroatoms. The molecule has 0 rings (SSSR count). The van der Waals surface area contributed by atoms with Crippen molar-refractivity contribution in [1.82, 2.24) is 0 Å². The Kier molecular flexibility index (Phi) is 9.07. The minimum atomic E-state index is 0.498. The van der Waals surface area contributed by atoms with E-state index in [0.717, 1.165) is 5.92 Å². The molecule has 0 spiro atoms. The molecule has 0 saturated heterocycles. The molecule has 1 unspecified atom stereocenters. The predicted molar refractivity (Wildman–Crippen MR) is 75.5 cm³/mol. The van der Waals surface area contributed by atoms with Crippen molar-refractivity contribution in [1.29, 1.82) is 0 Å². The quantitative estimate of drug-likeness (QED) is 0.399. The number of hydrogen-bond acceptors (Lipinski definition) is 0. The first-order valence-corrected chi connectivity index (χ1v) is 7.34. The van der Waals surface area contributed by atoms with Crippen molar-refractivity contribution in [2.75, 3.05) is 0 Å². The van der Waals surface area contributed by atoms with Gasteiger partial charge in [0.1, 0.15) is 0 Å². The Morgan fingerprint density at radius 1 is 0.938 bits per heavy atom. The summed E-state index contributed by atoms with van der Waals surface area (Å²) in [6.07, 6.45) is 13.7. The van der Waals surface area contributed by atoms with Crippen LogP contribution in [0.3, 0.4) is 0 Å². The minimum absolute atomic E-state index is 0.498. The maximum atomic E-state index is 2.41. The summed E-state index contributed by atoms with van der Waals surface area (Å²) in [5.41, 5.74) is 0.498. The third-order valence-electron chi connectivity index (χ3n) is 4.16. The molecule has 0 saturated carbocycles. The molecule has 0 aromatic heterocycles. The first-order chi connectivity index (χ1) is 7.54. The van der Waals surface area contributed by atoms with Crippen LogP contribution in [0.2, 0.25) is 0 Å². The second kappa shape index (κ2) is 9.07. The van der Waals surface area contributed by atoms with Crippen molar-refractivity contribution in [3.63, 3.8) is 0 Å². The summed E-state index contributed by atoms with van der Waals surface area (Å²) < 4.78 is 0. The minimum Gasteiger partial charge on any atom is -0.0654 e. The molecule has 16 heavy (non-hydrogen) atoms. The highest BCUT2D eigenvalue weighted by atomic mass is 14.3. The Morgan fingerprint density at radius 2 is 1.44 bits per heavy atom. The topological polar surface area (TPSA) is 0 Å². The first kappa shape index (κ1) is 16.0. The number of rotatable bonds is 10. The monoisotopic (exact) mass is 225 g/mol. The van der Waals surface area contributed by atoms with E-state index in [4.69, 9.17) is 0 Å². The molecule has 0 aliphatic carbocycles. The summed E-state index contributed by atoms with van der Waals surface area (Å²) in [4.78, 5) is 0. The molecular weight excluding hydrogens is 192 g/mol. The van der Waals surface area contributed by atoms with Crippen LogP contribution in [-0.4, -0.2) is 0 Å². The largest absolute Gasteiger partial charge is 0.0654 e. The lowest BCUT2D eigenvalue weighted by Crippen LogP contribution is -2.21. The lowest BCUT2D eigenvalue weighted by Gasteiger charge is -2.31. The molecule has 0 nitrogen and oxygen atoms in total. The lowest BCUT2D eigenvalue weighted by atomic mass is 9.75. The predicted octanol–water partition coefficient (Wildman–Crippen LogP) is 6.01. The van der Waals surface area contributed by atoms with E-state index in [1.165, 1.54) is 51.4 Å². The van der Waals surface area contributed by atoms with Gasteiger partial charge in [0.05, 0.1) is 0 Å². The van der Waals surface area contributed by atoms with E-state index in [0.29, 0.717) is 5.41 Å². The van der Waals surface area contributed by atoms with Crippen LogP contribution in [-0.2, 0) is 0 Å². The zero-order valence-electron chi connectivity index (χ0n) is 12.3. The molecule has 0 N–H and O–H groups in total. The molecule has 0 aliphatic rings. The van der Waals surface area contributed by atoms with E-state index in [1.807, 2.05) is 0 Å². The Bertz CT molecular complexity index is 146. The molecule has 0 aliphatic heterocycles. The van der Waals surface area contributed by atoms with Gasteiger partial charge in [-0.1, -0.05) is 79.6 Å². The van der Waals surface area contributed by atoms with Gasteiger partial charge in [0.2, 0.25) is 0 Å². The SMILES string of the molecule is C[CH]C(C)C(C)(C)CCCCCCCCC. The average Bonchev–Trinajstić information content (AvgIpc) is 2.26. The normalized spacial score (nSPS) is 14.1. The molecule has 0 aromatic rings. The van der Waals surface area contributed by atoms with Crippen LogP contribution < -0.4 is 0 Å². The zero-order valence-corrected chi connectivity index (χ0v) is 12.3. The van der Waals surface area contributed by atoms with Gasteiger partial charge >= 0.3 is 0 Å². The van der Waals surface area contributed by atoms with Crippen LogP contribution in [0.15, 0.2) is 0 Å². The first-order valence-electron chi connectivity index (χ1n) is 7.34. The van der Waals surface area contributed by atoms with Crippen LogP contribution >= 0.6 is 0 Å². The van der Waals surface area contributed by atoms with Crippen LogP contribution in [0, 0.1) is 17.8 Å². The van der Waals surface area contributed by atoms with Gasteiger partial charge in [0.15, 0.2) is 0 Å². The summed E-state index contributed by atoms with van der Waals surface area (Å²) in [7, 11) is 0. The van der Waals surface area contributed by atoms with Crippen molar-refractivity contribution < 1.29 is 0 Å². The summed E-state index contributed by atoms with van der Waals surface area (Å²) in [5.74, 6) is 0.743. The van der Waals surface area contributed by atoms with Crippen molar-refractivity contribution in [2.45, 2.75) is 86.0 Å². The van der Waals surface area contributed by atoms with Crippen LogP contribution in [0.1, 0.15) is 86.0 Å². The van der Waals surface area contributed by atoms with Gasteiger partial charge in [-0.05, 0) is 24.2 Å². The highest BCUT2D eigenvalue weighted by Gasteiger charge is 2.23. The standard InChI is InChI=1S/C16H33/c1-6-8-9-10-11-12-13-14-16(4,5)15(3)7-2/h7,15H,6,8-14H2,1-5H3. The van der Waals surface area contributed by atoms with E-state index in [2.05, 4.69) is 41.0 Å². The highest BCUT2D eigenvalue weighted by molar-refractivity contribution is 4.82. The summed E-state index contributed by atoms with van der Waals surface area (Å²) in [5, 5.41) is 0. The number of hydrogen-bond donors (Lipinski definition) is 0. The van der Waals surface area contributed by atoms with E-state index in [1.54, 1.807) is 0 Å². The second-order valence-electron chi connectivity index (χ2n) is 5.98. The fraction of sp³-hybridized carbons (Fsp3) is 0.938. The average molecular weight is 225 g/mol. The Balaban J connectivity index is 3.43. The number of unbranched alkanes of at least 4 members (excludes halogenated alkanes) is 6. The van der Waals surface area contributed by atoms with Gasteiger partial charge < -0.3 is 0 Å². The summed E-state index contributed by atoms with van der Waals surface area (Å²) in [6.45, 7) is 11.6. The van der Waals surface area contributed by atoms with Crippen molar-refractivity contribution in [3.05, 3.63) is 6.42 Å². The molecule has 1 atom stereocenters. The van der Waals surface area contributed by atoms with Gasteiger partial charge in [-0.15, -0.1) is 0 Å². The van der Waals surface area contributed by atoms with Gasteiger partial charge in [-0.25, -0.2) is 0 Å². The maximum Gasteiger partial charge on any atom is -0.0326 e. The molecule has 0 heterocycles. The third-order valence-corrected chi connectivity index (χ3v) is 4.16. The van der Waals surface area contributed by atoms with E-state index < -0.39 is 0 Å². The maximum absolute atomic E-state index is 2.41. The molecule has 1 radical (unpaired) electrons. The second-order valence-corrected chi connectivity index (χ2v) is 5.98. The summed E-state index contributed by atoms with van der Waals surface area (Å²) >= 11 is 0. The smallest absolute Gasteiger partial charge is 0.0326 e.